The Kier molecular flexibility index (Phi) is 6.06. The van der Waals surface area contributed by atoms with Crippen molar-refractivity contribution < 1.29 is 9.53 Å². The van der Waals surface area contributed by atoms with Crippen molar-refractivity contribution in [1.82, 2.24) is 9.97 Å². The number of aromatic nitrogens is 2. The van der Waals surface area contributed by atoms with Gasteiger partial charge in [0, 0.05) is 24.8 Å². The highest BCUT2D eigenvalue weighted by molar-refractivity contribution is 6.04. The van der Waals surface area contributed by atoms with Crippen molar-refractivity contribution in [2.75, 3.05) is 36.5 Å². The number of para-hydroxylation sites is 1. The van der Waals surface area contributed by atoms with Crippen molar-refractivity contribution in [1.29, 1.82) is 0 Å². The molecule has 144 valence electrons. The number of carbonyl (C=O) groups is 1. The van der Waals surface area contributed by atoms with Gasteiger partial charge >= 0.3 is 0 Å². The van der Waals surface area contributed by atoms with Crippen LogP contribution < -0.4 is 10.2 Å². The van der Waals surface area contributed by atoms with E-state index in [-0.39, 0.29) is 5.91 Å². The van der Waals surface area contributed by atoms with E-state index in [4.69, 9.17) is 4.74 Å². The largest absolute Gasteiger partial charge is 0.378 e. The van der Waals surface area contributed by atoms with Gasteiger partial charge in [-0.15, -0.1) is 0 Å². The third-order valence-corrected chi connectivity index (χ3v) is 4.83. The molecule has 1 saturated heterocycles. The topological polar surface area (TPSA) is 67.4 Å². The summed E-state index contributed by atoms with van der Waals surface area (Å²) in [6.07, 6.45) is 1.46. The molecule has 1 N–H and O–H groups in total. The van der Waals surface area contributed by atoms with Gasteiger partial charge in [-0.3, -0.25) is 4.79 Å². The Bertz CT molecular complexity index is 772. The maximum absolute atomic E-state index is 13.0. The Hall–Kier alpha value is -2.47. The number of ether oxygens (including phenoxy) is 1. The Labute approximate surface area is 161 Å². The molecule has 1 aromatic heterocycles. The minimum absolute atomic E-state index is 0.207. The first-order valence-electron chi connectivity index (χ1n) is 9.56. The van der Waals surface area contributed by atoms with E-state index in [0.717, 1.165) is 35.7 Å². The monoisotopic (exact) mass is 368 g/mol. The van der Waals surface area contributed by atoms with Gasteiger partial charge in [0.2, 0.25) is 0 Å². The highest BCUT2D eigenvalue weighted by Gasteiger charge is 2.19. The van der Waals surface area contributed by atoms with Crippen LogP contribution in [0.15, 0.2) is 30.6 Å². The van der Waals surface area contributed by atoms with E-state index in [1.54, 1.807) is 6.07 Å². The highest BCUT2D eigenvalue weighted by Crippen LogP contribution is 2.32. The molecule has 1 aliphatic rings. The van der Waals surface area contributed by atoms with Crippen LogP contribution in [-0.4, -0.2) is 42.2 Å². The number of carbonyl (C=O) groups excluding carboxylic acids is 1. The molecule has 27 heavy (non-hydrogen) atoms. The molecule has 0 radical (unpaired) electrons. The SMILES string of the molecule is CC(C)c1cccc(C(C)C)c1NC(=O)c1cc(N2CCOCC2)ncn1. The molecule has 0 unspecified atom stereocenters. The van der Waals surface area contributed by atoms with Gasteiger partial charge in [-0.2, -0.15) is 0 Å². The molecule has 0 spiro atoms. The fourth-order valence-electron chi connectivity index (χ4n) is 3.31. The zero-order chi connectivity index (χ0) is 19.4. The van der Waals surface area contributed by atoms with E-state index in [9.17, 15) is 4.79 Å². The molecule has 2 heterocycles. The molecular formula is C21H28N4O2. The summed E-state index contributed by atoms with van der Waals surface area (Å²) in [6, 6.07) is 7.96. The smallest absolute Gasteiger partial charge is 0.274 e. The highest BCUT2D eigenvalue weighted by atomic mass is 16.5. The molecule has 6 nitrogen and oxygen atoms in total. The van der Waals surface area contributed by atoms with E-state index >= 15 is 0 Å². The van der Waals surface area contributed by atoms with Gasteiger partial charge in [-0.25, -0.2) is 9.97 Å². The van der Waals surface area contributed by atoms with Crippen molar-refractivity contribution in [3.63, 3.8) is 0 Å². The van der Waals surface area contributed by atoms with Crippen LogP contribution in [0.3, 0.4) is 0 Å². The molecule has 0 atom stereocenters. The molecule has 0 bridgehead atoms. The number of nitrogens with zero attached hydrogens (tertiary/aromatic N) is 3. The summed E-state index contributed by atoms with van der Waals surface area (Å²) in [7, 11) is 0. The predicted molar refractivity (Wildman–Crippen MR) is 108 cm³/mol. The van der Waals surface area contributed by atoms with Crippen LogP contribution in [0.25, 0.3) is 0 Å². The number of benzene rings is 1. The first-order chi connectivity index (χ1) is 13.0. The maximum atomic E-state index is 13.0. The molecule has 6 heteroatoms. The molecular weight excluding hydrogens is 340 g/mol. The Balaban J connectivity index is 1.88. The summed E-state index contributed by atoms with van der Waals surface area (Å²) < 4.78 is 5.38. The van der Waals surface area contributed by atoms with Crippen LogP contribution in [-0.2, 0) is 4.74 Å². The minimum Gasteiger partial charge on any atom is -0.378 e. The van der Waals surface area contributed by atoms with E-state index in [1.165, 1.54) is 6.33 Å². The normalized spacial score (nSPS) is 14.7. The van der Waals surface area contributed by atoms with Gasteiger partial charge in [0.05, 0.1) is 13.2 Å². The second kappa shape index (κ2) is 8.48. The molecule has 0 saturated carbocycles. The number of anilines is 2. The Morgan fingerprint density at radius 3 is 2.30 bits per heavy atom. The van der Waals surface area contributed by atoms with Crippen LogP contribution in [0, 0.1) is 0 Å². The lowest BCUT2D eigenvalue weighted by Crippen LogP contribution is -2.37. The summed E-state index contributed by atoms with van der Waals surface area (Å²) >= 11 is 0. The molecule has 1 aliphatic heterocycles. The lowest BCUT2D eigenvalue weighted by molar-refractivity contribution is 0.102. The molecule has 2 aromatic rings. The molecule has 1 aromatic carbocycles. The zero-order valence-corrected chi connectivity index (χ0v) is 16.5. The summed E-state index contributed by atoms with van der Waals surface area (Å²) in [5, 5.41) is 3.12. The van der Waals surface area contributed by atoms with Crippen molar-refractivity contribution in [3.05, 3.63) is 47.4 Å². The van der Waals surface area contributed by atoms with E-state index in [1.807, 2.05) is 0 Å². The first kappa shape index (κ1) is 19.3. The van der Waals surface area contributed by atoms with E-state index < -0.39 is 0 Å². The predicted octanol–water partition coefficient (Wildman–Crippen LogP) is 3.81. The standard InChI is InChI=1S/C21H28N4O2/c1-14(2)16-6-5-7-17(15(3)4)20(16)24-21(26)18-12-19(23-13-22-18)25-8-10-27-11-9-25/h5-7,12-15H,8-11H2,1-4H3,(H,24,26). The van der Waals surface area contributed by atoms with Crippen LogP contribution in [0.2, 0.25) is 0 Å². The second-order valence-electron chi connectivity index (χ2n) is 7.44. The van der Waals surface area contributed by atoms with Crippen LogP contribution >= 0.6 is 0 Å². The number of rotatable bonds is 5. The maximum Gasteiger partial charge on any atom is 0.274 e. The Morgan fingerprint density at radius 1 is 1.07 bits per heavy atom. The van der Waals surface area contributed by atoms with Crippen molar-refractivity contribution in [2.45, 2.75) is 39.5 Å². The molecule has 1 fully saturated rings. The van der Waals surface area contributed by atoms with Gasteiger partial charge in [0.1, 0.15) is 17.8 Å². The lowest BCUT2D eigenvalue weighted by Gasteiger charge is -2.27. The summed E-state index contributed by atoms with van der Waals surface area (Å²) in [5.41, 5.74) is 3.55. The van der Waals surface area contributed by atoms with E-state index in [0.29, 0.717) is 30.7 Å². The molecule has 3 rings (SSSR count). The van der Waals surface area contributed by atoms with Crippen LogP contribution in [0.1, 0.15) is 61.1 Å². The van der Waals surface area contributed by atoms with Crippen LogP contribution in [0.5, 0.6) is 0 Å². The van der Waals surface area contributed by atoms with Gasteiger partial charge in [0.15, 0.2) is 0 Å². The average molecular weight is 368 g/mol. The fraction of sp³-hybridized carbons (Fsp3) is 0.476. The molecule has 0 aliphatic carbocycles. The van der Waals surface area contributed by atoms with Crippen molar-refractivity contribution >= 4 is 17.4 Å². The van der Waals surface area contributed by atoms with Gasteiger partial charge in [-0.1, -0.05) is 45.9 Å². The summed E-state index contributed by atoms with van der Waals surface area (Å²) in [6.45, 7) is 11.4. The second-order valence-corrected chi connectivity index (χ2v) is 7.44. The number of nitrogens with one attached hydrogen (secondary N) is 1. The van der Waals surface area contributed by atoms with Gasteiger partial charge in [0.25, 0.3) is 5.91 Å². The number of hydrogen-bond donors (Lipinski definition) is 1. The third kappa shape index (κ3) is 4.45. The minimum atomic E-state index is -0.207. The lowest BCUT2D eigenvalue weighted by atomic mass is 9.92. The average Bonchev–Trinajstić information content (AvgIpc) is 2.68. The third-order valence-electron chi connectivity index (χ3n) is 4.83. The fourth-order valence-corrected chi connectivity index (χ4v) is 3.31. The van der Waals surface area contributed by atoms with Crippen molar-refractivity contribution in [3.8, 4) is 0 Å². The van der Waals surface area contributed by atoms with Gasteiger partial charge in [-0.05, 0) is 23.0 Å². The molecule has 1 amide bonds. The van der Waals surface area contributed by atoms with Crippen LogP contribution in [0.4, 0.5) is 11.5 Å². The van der Waals surface area contributed by atoms with Gasteiger partial charge < -0.3 is 15.0 Å². The number of amides is 1. The number of morpholine rings is 1. The van der Waals surface area contributed by atoms with E-state index in [2.05, 4.69) is 66.1 Å². The Morgan fingerprint density at radius 2 is 1.70 bits per heavy atom. The quantitative estimate of drug-likeness (QED) is 0.869. The summed E-state index contributed by atoms with van der Waals surface area (Å²) in [4.78, 5) is 23.6. The number of hydrogen-bond acceptors (Lipinski definition) is 5. The zero-order valence-electron chi connectivity index (χ0n) is 16.5. The first-order valence-corrected chi connectivity index (χ1v) is 9.56. The van der Waals surface area contributed by atoms with Crippen molar-refractivity contribution in [2.24, 2.45) is 0 Å². The summed E-state index contributed by atoms with van der Waals surface area (Å²) in [5.74, 6) is 1.18.